The van der Waals surface area contributed by atoms with Crippen molar-refractivity contribution in [2.45, 2.75) is 39.7 Å². The minimum Gasteiger partial charge on any atom is -0.328 e. The average molecular weight is 380 g/mol. The van der Waals surface area contributed by atoms with Crippen molar-refractivity contribution >= 4 is 10.0 Å². The number of hydrogen-bond donors (Lipinski definition) is 0. The van der Waals surface area contributed by atoms with Gasteiger partial charge < -0.3 is 4.57 Å². The van der Waals surface area contributed by atoms with E-state index < -0.39 is 10.0 Å². The molecule has 2 aromatic rings. The normalized spacial score (nSPS) is 19.0. The van der Waals surface area contributed by atoms with E-state index in [0.29, 0.717) is 19.6 Å². The minimum absolute atomic E-state index is 0.151. The second-order valence-corrected chi connectivity index (χ2v) is 9.26. The number of benzene rings is 1. The molecule has 0 spiro atoms. The molecular formula is C19H26FN3O2S. The first-order valence-corrected chi connectivity index (χ1v) is 10.7. The summed E-state index contributed by atoms with van der Waals surface area (Å²) < 4.78 is 41.2. The maximum Gasteiger partial charge on any atom is 0.213 e. The van der Waals surface area contributed by atoms with Gasteiger partial charge in [-0.2, -0.15) is 0 Å². The number of sulfonamides is 1. The number of piperidine rings is 1. The number of aromatic nitrogens is 2. The highest BCUT2D eigenvalue weighted by atomic mass is 32.2. The molecule has 1 aliphatic heterocycles. The summed E-state index contributed by atoms with van der Waals surface area (Å²) in [6.07, 6.45) is 4.51. The van der Waals surface area contributed by atoms with Crippen molar-refractivity contribution in [3.8, 4) is 0 Å². The van der Waals surface area contributed by atoms with Crippen LogP contribution >= 0.6 is 0 Å². The largest absolute Gasteiger partial charge is 0.328 e. The third-order valence-electron chi connectivity index (χ3n) is 5.10. The molecule has 142 valence electrons. The highest BCUT2D eigenvalue weighted by molar-refractivity contribution is 7.89. The van der Waals surface area contributed by atoms with E-state index in [9.17, 15) is 12.8 Å². The van der Waals surface area contributed by atoms with Crippen molar-refractivity contribution < 1.29 is 12.8 Å². The number of hydrogen-bond acceptors (Lipinski definition) is 3. The van der Waals surface area contributed by atoms with Crippen LogP contribution in [0.15, 0.2) is 30.5 Å². The van der Waals surface area contributed by atoms with Crippen molar-refractivity contribution in [2.24, 2.45) is 5.92 Å². The molecule has 7 heteroatoms. The molecule has 0 aliphatic carbocycles. The van der Waals surface area contributed by atoms with Crippen LogP contribution in [0.3, 0.4) is 0 Å². The summed E-state index contributed by atoms with van der Waals surface area (Å²) in [5.74, 6) is 1.15. The van der Waals surface area contributed by atoms with Gasteiger partial charge >= 0.3 is 0 Å². The first kappa shape index (κ1) is 19.0. The molecular weight excluding hydrogens is 353 g/mol. The molecule has 5 nitrogen and oxygen atoms in total. The number of halogens is 1. The Morgan fingerprint density at radius 1 is 1.27 bits per heavy atom. The lowest BCUT2D eigenvalue weighted by Gasteiger charge is -2.31. The zero-order valence-electron chi connectivity index (χ0n) is 15.4. The van der Waals surface area contributed by atoms with Gasteiger partial charge in [-0.25, -0.2) is 22.1 Å². The molecule has 1 aromatic carbocycles. The molecule has 26 heavy (non-hydrogen) atoms. The van der Waals surface area contributed by atoms with Gasteiger partial charge in [-0.15, -0.1) is 0 Å². The molecule has 1 atom stereocenters. The first-order valence-electron chi connectivity index (χ1n) is 9.12. The van der Waals surface area contributed by atoms with E-state index in [2.05, 4.69) is 9.55 Å². The van der Waals surface area contributed by atoms with Crippen LogP contribution in [0.25, 0.3) is 0 Å². The van der Waals surface area contributed by atoms with E-state index in [1.54, 1.807) is 23.4 Å². The summed E-state index contributed by atoms with van der Waals surface area (Å²) in [6.45, 7) is 5.53. The van der Waals surface area contributed by atoms with E-state index in [1.807, 2.05) is 13.1 Å². The summed E-state index contributed by atoms with van der Waals surface area (Å²) in [5, 5.41) is 0. The molecule has 0 saturated carbocycles. The molecule has 0 radical (unpaired) electrons. The Morgan fingerprint density at radius 3 is 2.69 bits per heavy atom. The topological polar surface area (TPSA) is 55.2 Å². The summed E-state index contributed by atoms with van der Waals surface area (Å²) >= 11 is 0. The summed E-state index contributed by atoms with van der Waals surface area (Å²) in [7, 11) is -3.13. The molecule has 1 unspecified atom stereocenters. The summed E-state index contributed by atoms with van der Waals surface area (Å²) in [4.78, 5) is 4.55. The number of imidazole rings is 1. The smallest absolute Gasteiger partial charge is 0.213 e. The number of nitrogens with zero attached hydrogens (tertiary/aromatic N) is 3. The zero-order valence-corrected chi connectivity index (χ0v) is 16.2. The van der Waals surface area contributed by atoms with Gasteiger partial charge in [-0.3, -0.25) is 0 Å². The van der Waals surface area contributed by atoms with Gasteiger partial charge in [0.1, 0.15) is 11.6 Å². The monoisotopic (exact) mass is 379 g/mol. The molecule has 0 bridgehead atoms. The van der Waals surface area contributed by atoms with E-state index in [1.165, 1.54) is 12.1 Å². The summed E-state index contributed by atoms with van der Waals surface area (Å²) in [6, 6.07) is 6.51. The van der Waals surface area contributed by atoms with Crippen molar-refractivity contribution in [3.63, 3.8) is 0 Å². The Hall–Kier alpha value is -1.73. The standard InChI is InChI=1S/C19H26FN3O2S/c1-3-26(24,25)22-10-4-5-17(13-22)11-19-21-12-15(2)23(19)14-16-6-8-18(20)9-7-16/h6-9,12,17H,3-5,10-11,13-14H2,1-2H3. The lowest BCUT2D eigenvalue weighted by Crippen LogP contribution is -2.41. The third-order valence-corrected chi connectivity index (χ3v) is 6.95. The Bertz CT molecular complexity index is 846. The maximum absolute atomic E-state index is 13.1. The summed E-state index contributed by atoms with van der Waals surface area (Å²) in [5.41, 5.74) is 2.07. The number of aryl methyl sites for hydroxylation is 1. The minimum atomic E-state index is -3.13. The second kappa shape index (κ2) is 7.88. The van der Waals surface area contributed by atoms with Gasteiger partial charge in [0.15, 0.2) is 0 Å². The lowest BCUT2D eigenvalue weighted by atomic mass is 9.96. The van der Waals surface area contributed by atoms with E-state index in [0.717, 1.165) is 36.3 Å². The van der Waals surface area contributed by atoms with E-state index >= 15 is 0 Å². The van der Waals surface area contributed by atoms with Crippen molar-refractivity contribution in [3.05, 3.63) is 53.4 Å². The Labute approximate surface area is 154 Å². The fourth-order valence-corrected chi connectivity index (χ4v) is 4.76. The van der Waals surface area contributed by atoms with Crippen LogP contribution < -0.4 is 0 Å². The van der Waals surface area contributed by atoms with Crippen LogP contribution in [0.5, 0.6) is 0 Å². The molecule has 1 aliphatic rings. The van der Waals surface area contributed by atoms with Gasteiger partial charge in [0.2, 0.25) is 10.0 Å². The molecule has 2 heterocycles. The predicted molar refractivity (Wildman–Crippen MR) is 99.9 cm³/mol. The molecule has 3 rings (SSSR count). The second-order valence-electron chi connectivity index (χ2n) is 7.00. The molecule has 0 N–H and O–H groups in total. The van der Waals surface area contributed by atoms with Crippen LogP contribution in [-0.2, 0) is 23.0 Å². The fraction of sp³-hybridized carbons (Fsp3) is 0.526. The lowest BCUT2D eigenvalue weighted by molar-refractivity contribution is 0.262. The molecule has 1 aromatic heterocycles. The van der Waals surface area contributed by atoms with Gasteiger partial charge in [-0.1, -0.05) is 12.1 Å². The van der Waals surface area contributed by atoms with E-state index in [-0.39, 0.29) is 17.5 Å². The van der Waals surface area contributed by atoms with Crippen molar-refractivity contribution in [1.82, 2.24) is 13.9 Å². The Kier molecular flexibility index (Phi) is 5.77. The fourth-order valence-electron chi connectivity index (χ4n) is 3.55. The first-order chi connectivity index (χ1) is 12.4. The van der Waals surface area contributed by atoms with Gasteiger partial charge in [-0.05, 0) is 50.3 Å². The Morgan fingerprint density at radius 2 is 2.00 bits per heavy atom. The van der Waals surface area contributed by atoms with Crippen LogP contribution in [0.2, 0.25) is 0 Å². The Balaban J connectivity index is 1.73. The van der Waals surface area contributed by atoms with Gasteiger partial charge in [0.25, 0.3) is 0 Å². The maximum atomic E-state index is 13.1. The van der Waals surface area contributed by atoms with Gasteiger partial charge in [0, 0.05) is 37.9 Å². The quantitative estimate of drug-likeness (QED) is 0.775. The molecule has 1 fully saturated rings. The van der Waals surface area contributed by atoms with Crippen LogP contribution in [0.1, 0.15) is 36.8 Å². The third kappa shape index (κ3) is 4.32. The van der Waals surface area contributed by atoms with E-state index in [4.69, 9.17) is 0 Å². The number of rotatable bonds is 6. The highest BCUT2D eigenvalue weighted by Crippen LogP contribution is 2.23. The van der Waals surface area contributed by atoms with Crippen molar-refractivity contribution in [2.75, 3.05) is 18.8 Å². The van der Waals surface area contributed by atoms with Crippen LogP contribution in [0, 0.1) is 18.7 Å². The van der Waals surface area contributed by atoms with Gasteiger partial charge in [0.05, 0.1) is 5.75 Å². The highest BCUT2D eigenvalue weighted by Gasteiger charge is 2.28. The van der Waals surface area contributed by atoms with Crippen LogP contribution in [-0.4, -0.2) is 41.1 Å². The SMILES string of the molecule is CCS(=O)(=O)N1CCCC(Cc2ncc(C)n2Cc2ccc(F)cc2)C1. The molecule has 0 amide bonds. The predicted octanol–water partition coefficient (Wildman–Crippen LogP) is 2.98. The zero-order chi connectivity index (χ0) is 18.7. The van der Waals surface area contributed by atoms with Crippen LogP contribution in [0.4, 0.5) is 4.39 Å². The average Bonchev–Trinajstić information content (AvgIpc) is 2.97. The molecule has 1 saturated heterocycles. The van der Waals surface area contributed by atoms with Crippen molar-refractivity contribution in [1.29, 1.82) is 0 Å².